The fraction of sp³-hybridized carbons (Fsp3) is 0.667. The first-order valence-electron chi connectivity index (χ1n) is 5.02. The predicted molar refractivity (Wildman–Crippen MR) is 56.5 cm³/mol. The SMILES string of the molecule is CCN(CC)C(C)n1cnc([N+](=O)[O-])c1. The molecule has 0 saturated heterocycles. The molecule has 6 nitrogen and oxygen atoms in total. The lowest BCUT2D eigenvalue weighted by Crippen LogP contribution is -2.29. The standard InChI is InChI=1S/C9H16N4O2/c1-4-11(5-2)8(3)12-6-9(10-7-12)13(14)15/h6-8H,4-5H2,1-3H3. The minimum absolute atomic E-state index is 0.0983. The Labute approximate surface area is 88.7 Å². The minimum Gasteiger partial charge on any atom is -0.358 e. The first-order chi connectivity index (χ1) is 7.10. The van der Waals surface area contributed by atoms with E-state index in [-0.39, 0.29) is 12.0 Å². The van der Waals surface area contributed by atoms with Gasteiger partial charge in [-0.15, -0.1) is 0 Å². The number of imidazole rings is 1. The van der Waals surface area contributed by atoms with Crippen LogP contribution < -0.4 is 0 Å². The van der Waals surface area contributed by atoms with Gasteiger partial charge in [0.1, 0.15) is 6.20 Å². The summed E-state index contributed by atoms with van der Waals surface area (Å²) in [6.45, 7) is 7.93. The van der Waals surface area contributed by atoms with Crippen molar-refractivity contribution in [3.05, 3.63) is 22.6 Å². The molecule has 0 amide bonds. The Balaban J connectivity index is 2.81. The summed E-state index contributed by atoms with van der Waals surface area (Å²) in [5.74, 6) is -0.103. The Morgan fingerprint density at radius 3 is 2.60 bits per heavy atom. The van der Waals surface area contributed by atoms with E-state index >= 15 is 0 Å². The van der Waals surface area contributed by atoms with Crippen LogP contribution in [-0.2, 0) is 0 Å². The molecule has 1 aromatic rings. The average molecular weight is 212 g/mol. The Hall–Kier alpha value is -1.43. The van der Waals surface area contributed by atoms with Crippen LogP contribution in [0.5, 0.6) is 0 Å². The molecular formula is C9H16N4O2. The molecule has 0 spiro atoms. The predicted octanol–water partition coefficient (Wildman–Crippen LogP) is 1.65. The van der Waals surface area contributed by atoms with Gasteiger partial charge in [-0.2, -0.15) is 0 Å². The van der Waals surface area contributed by atoms with Gasteiger partial charge in [0.15, 0.2) is 0 Å². The molecule has 0 aliphatic heterocycles. The molecule has 84 valence electrons. The lowest BCUT2D eigenvalue weighted by molar-refractivity contribution is -0.389. The summed E-state index contributed by atoms with van der Waals surface area (Å²) in [5.41, 5.74) is 0. The van der Waals surface area contributed by atoms with E-state index in [9.17, 15) is 10.1 Å². The van der Waals surface area contributed by atoms with Crippen molar-refractivity contribution >= 4 is 5.82 Å². The topological polar surface area (TPSA) is 64.2 Å². The number of aromatic nitrogens is 2. The zero-order valence-corrected chi connectivity index (χ0v) is 9.25. The van der Waals surface area contributed by atoms with Crippen molar-refractivity contribution in [1.82, 2.24) is 14.5 Å². The van der Waals surface area contributed by atoms with Crippen molar-refractivity contribution in [3.63, 3.8) is 0 Å². The van der Waals surface area contributed by atoms with Gasteiger partial charge >= 0.3 is 5.82 Å². The zero-order valence-electron chi connectivity index (χ0n) is 9.25. The van der Waals surface area contributed by atoms with Gasteiger partial charge < -0.3 is 10.1 Å². The van der Waals surface area contributed by atoms with E-state index in [2.05, 4.69) is 23.7 Å². The van der Waals surface area contributed by atoms with Gasteiger partial charge in [0.2, 0.25) is 6.33 Å². The van der Waals surface area contributed by atoms with Gasteiger partial charge in [0, 0.05) is 0 Å². The van der Waals surface area contributed by atoms with Crippen LogP contribution in [0.2, 0.25) is 0 Å². The molecule has 6 heteroatoms. The van der Waals surface area contributed by atoms with Crippen LogP contribution in [0, 0.1) is 10.1 Å². The molecule has 0 aliphatic carbocycles. The highest BCUT2D eigenvalue weighted by Gasteiger charge is 2.16. The summed E-state index contributed by atoms with van der Waals surface area (Å²) in [7, 11) is 0. The van der Waals surface area contributed by atoms with Crippen molar-refractivity contribution in [3.8, 4) is 0 Å². The molecule has 1 unspecified atom stereocenters. The minimum atomic E-state index is -0.481. The summed E-state index contributed by atoms with van der Waals surface area (Å²) < 4.78 is 1.76. The number of hydrogen-bond donors (Lipinski definition) is 0. The second-order valence-electron chi connectivity index (χ2n) is 3.29. The summed E-state index contributed by atoms with van der Waals surface area (Å²) in [5, 5.41) is 10.5. The first kappa shape index (κ1) is 11.6. The maximum atomic E-state index is 10.5. The van der Waals surface area contributed by atoms with E-state index in [1.807, 2.05) is 6.92 Å². The molecule has 1 atom stereocenters. The quantitative estimate of drug-likeness (QED) is 0.550. The zero-order chi connectivity index (χ0) is 11.4. The number of nitro groups is 1. The summed E-state index contributed by atoms with van der Waals surface area (Å²) in [4.78, 5) is 15.9. The second kappa shape index (κ2) is 4.88. The molecule has 0 bridgehead atoms. The van der Waals surface area contributed by atoms with E-state index in [1.54, 1.807) is 4.57 Å². The van der Waals surface area contributed by atoms with Gasteiger partial charge in [-0.1, -0.05) is 13.8 Å². The van der Waals surface area contributed by atoms with Crippen LogP contribution in [-0.4, -0.2) is 32.5 Å². The summed E-state index contributed by atoms with van der Waals surface area (Å²) in [6, 6.07) is 0. The van der Waals surface area contributed by atoms with E-state index in [1.165, 1.54) is 12.5 Å². The molecule has 0 N–H and O–H groups in total. The van der Waals surface area contributed by atoms with Crippen LogP contribution >= 0.6 is 0 Å². The van der Waals surface area contributed by atoms with Crippen molar-refractivity contribution in [2.75, 3.05) is 13.1 Å². The maximum Gasteiger partial charge on any atom is 0.381 e. The molecule has 0 aromatic carbocycles. The third-order valence-electron chi connectivity index (χ3n) is 2.55. The molecule has 1 aromatic heterocycles. The van der Waals surface area contributed by atoms with Crippen LogP contribution in [0.4, 0.5) is 5.82 Å². The Morgan fingerprint density at radius 1 is 1.60 bits per heavy atom. The third-order valence-corrected chi connectivity index (χ3v) is 2.55. The lowest BCUT2D eigenvalue weighted by Gasteiger charge is -2.26. The molecule has 0 saturated carbocycles. The van der Waals surface area contributed by atoms with Crippen molar-refractivity contribution in [1.29, 1.82) is 0 Å². The fourth-order valence-corrected chi connectivity index (χ4v) is 1.57. The van der Waals surface area contributed by atoms with Gasteiger partial charge in [-0.05, 0) is 29.9 Å². The molecule has 1 rings (SSSR count). The highest BCUT2D eigenvalue weighted by atomic mass is 16.6. The third kappa shape index (κ3) is 2.53. The Kier molecular flexibility index (Phi) is 3.79. The van der Waals surface area contributed by atoms with Crippen molar-refractivity contribution < 1.29 is 4.92 Å². The van der Waals surface area contributed by atoms with Gasteiger partial charge in [-0.3, -0.25) is 9.47 Å². The van der Waals surface area contributed by atoms with Crippen molar-refractivity contribution in [2.24, 2.45) is 0 Å². The van der Waals surface area contributed by atoms with Crippen molar-refractivity contribution in [2.45, 2.75) is 26.9 Å². The van der Waals surface area contributed by atoms with E-state index in [4.69, 9.17) is 0 Å². The van der Waals surface area contributed by atoms with Gasteiger partial charge in [-0.25, -0.2) is 0 Å². The molecule has 1 heterocycles. The number of rotatable bonds is 5. The van der Waals surface area contributed by atoms with Crippen LogP contribution in [0.25, 0.3) is 0 Å². The summed E-state index contributed by atoms with van der Waals surface area (Å²) in [6.07, 6.45) is 3.06. The monoisotopic (exact) mass is 212 g/mol. The Bertz CT molecular complexity index is 333. The van der Waals surface area contributed by atoms with E-state index in [0.717, 1.165) is 13.1 Å². The normalized spacial score (nSPS) is 13.1. The van der Waals surface area contributed by atoms with Gasteiger partial charge in [0.25, 0.3) is 0 Å². The number of hydrogen-bond acceptors (Lipinski definition) is 4. The van der Waals surface area contributed by atoms with Crippen LogP contribution in [0.3, 0.4) is 0 Å². The molecule has 0 aliphatic rings. The molecular weight excluding hydrogens is 196 g/mol. The van der Waals surface area contributed by atoms with E-state index in [0.29, 0.717) is 0 Å². The van der Waals surface area contributed by atoms with Gasteiger partial charge in [0.05, 0.1) is 6.17 Å². The average Bonchev–Trinajstić information content (AvgIpc) is 2.68. The Morgan fingerprint density at radius 2 is 2.20 bits per heavy atom. The number of nitrogens with zero attached hydrogens (tertiary/aromatic N) is 4. The first-order valence-corrected chi connectivity index (χ1v) is 5.02. The van der Waals surface area contributed by atoms with E-state index < -0.39 is 4.92 Å². The highest BCUT2D eigenvalue weighted by Crippen LogP contribution is 2.15. The second-order valence-corrected chi connectivity index (χ2v) is 3.29. The summed E-state index contributed by atoms with van der Waals surface area (Å²) >= 11 is 0. The largest absolute Gasteiger partial charge is 0.381 e. The lowest BCUT2D eigenvalue weighted by atomic mass is 10.4. The highest BCUT2D eigenvalue weighted by molar-refractivity contribution is 5.12. The maximum absolute atomic E-state index is 10.5. The smallest absolute Gasteiger partial charge is 0.358 e. The van der Waals surface area contributed by atoms with Crippen LogP contribution in [0.1, 0.15) is 26.9 Å². The van der Waals surface area contributed by atoms with Crippen LogP contribution in [0.15, 0.2) is 12.5 Å². The molecule has 0 radical (unpaired) electrons. The fourth-order valence-electron chi connectivity index (χ4n) is 1.57. The molecule has 15 heavy (non-hydrogen) atoms. The molecule has 0 fully saturated rings.